The molecular weight excluding hydrogens is 333 g/mol. The maximum Gasteiger partial charge on any atom is 0.175 e. The van der Waals surface area contributed by atoms with Crippen molar-refractivity contribution in [2.45, 2.75) is 0 Å². The summed E-state index contributed by atoms with van der Waals surface area (Å²) in [7, 11) is 0. The lowest BCUT2D eigenvalue weighted by Gasteiger charge is -2.06. The predicted octanol–water partition coefficient (Wildman–Crippen LogP) is 5.23. The van der Waals surface area contributed by atoms with Crippen molar-refractivity contribution in [1.82, 2.24) is 5.16 Å². The van der Waals surface area contributed by atoms with E-state index in [0.717, 1.165) is 16.7 Å². The normalized spacial score (nSPS) is 10.8. The molecule has 0 radical (unpaired) electrons. The minimum Gasteiger partial charge on any atom is -0.508 e. The van der Waals surface area contributed by atoms with Crippen molar-refractivity contribution in [3.05, 3.63) is 78.6 Å². The second kappa shape index (κ2) is 6.37. The molecule has 0 aliphatic carbocycles. The summed E-state index contributed by atoms with van der Waals surface area (Å²) in [4.78, 5) is 0. The van der Waals surface area contributed by atoms with Crippen LogP contribution >= 0.6 is 0 Å². The molecule has 0 aliphatic rings. The average molecular weight is 347 g/mol. The van der Waals surface area contributed by atoms with Crippen molar-refractivity contribution in [3.8, 4) is 45.2 Å². The number of hydrogen-bond acceptors (Lipinski definition) is 4. The van der Waals surface area contributed by atoms with E-state index in [1.165, 1.54) is 12.1 Å². The van der Waals surface area contributed by atoms with E-state index < -0.39 is 0 Å². The van der Waals surface area contributed by atoms with Crippen LogP contribution in [0.5, 0.6) is 11.5 Å². The van der Waals surface area contributed by atoms with Gasteiger partial charge in [0, 0.05) is 11.1 Å². The van der Waals surface area contributed by atoms with Crippen LogP contribution in [0.2, 0.25) is 0 Å². The summed E-state index contributed by atoms with van der Waals surface area (Å²) >= 11 is 0. The maximum atomic E-state index is 13.3. The Balaban J connectivity index is 1.93. The fourth-order valence-electron chi connectivity index (χ4n) is 2.80. The molecule has 0 spiro atoms. The van der Waals surface area contributed by atoms with Gasteiger partial charge in [0.25, 0.3) is 0 Å². The van der Waals surface area contributed by atoms with Crippen LogP contribution in [0.3, 0.4) is 0 Å². The van der Waals surface area contributed by atoms with Gasteiger partial charge in [-0.15, -0.1) is 0 Å². The van der Waals surface area contributed by atoms with Gasteiger partial charge in [-0.25, -0.2) is 4.39 Å². The number of rotatable bonds is 3. The first kappa shape index (κ1) is 15.9. The molecule has 4 aromatic rings. The summed E-state index contributed by atoms with van der Waals surface area (Å²) in [5.41, 5.74) is 3.57. The molecule has 4 nitrogen and oxygen atoms in total. The molecule has 0 aliphatic heterocycles. The van der Waals surface area contributed by atoms with E-state index in [-0.39, 0.29) is 17.3 Å². The molecule has 5 heteroatoms. The number of halogens is 1. The highest BCUT2D eigenvalue weighted by molar-refractivity contribution is 5.90. The van der Waals surface area contributed by atoms with Gasteiger partial charge in [-0.1, -0.05) is 17.3 Å². The number of hydrogen-bond donors (Lipinski definition) is 2. The van der Waals surface area contributed by atoms with E-state index in [4.69, 9.17) is 4.52 Å². The lowest BCUT2D eigenvalue weighted by molar-refractivity contribution is 0.435. The minimum absolute atomic E-state index is 0.153. The molecule has 4 rings (SSSR count). The number of nitrogens with zero attached hydrogens (tertiary/aromatic N) is 1. The van der Waals surface area contributed by atoms with Gasteiger partial charge in [-0.2, -0.15) is 0 Å². The van der Waals surface area contributed by atoms with Crippen LogP contribution in [0.25, 0.3) is 33.7 Å². The van der Waals surface area contributed by atoms with Gasteiger partial charge in [0.2, 0.25) is 0 Å². The van der Waals surface area contributed by atoms with E-state index in [0.29, 0.717) is 17.0 Å². The molecule has 0 unspecified atom stereocenters. The Labute approximate surface area is 148 Å². The molecule has 0 atom stereocenters. The Morgan fingerprint density at radius 1 is 0.654 bits per heavy atom. The molecule has 2 N–H and O–H groups in total. The van der Waals surface area contributed by atoms with Crippen LogP contribution in [-0.4, -0.2) is 15.4 Å². The molecule has 0 bridgehead atoms. The topological polar surface area (TPSA) is 66.5 Å². The van der Waals surface area contributed by atoms with Crippen molar-refractivity contribution >= 4 is 0 Å². The third kappa shape index (κ3) is 2.91. The second-order valence-corrected chi connectivity index (χ2v) is 5.84. The fourth-order valence-corrected chi connectivity index (χ4v) is 2.80. The molecule has 0 saturated heterocycles. The van der Waals surface area contributed by atoms with Crippen molar-refractivity contribution in [2.24, 2.45) is 0 Å². The Bertz CT molecular complexity index is 973. The van der Waals surface area contributed by atoms with Gasteiger partial charge >= 0.3 is 0 Å². The number of phenols is 2. The lowest BCUT2D eigenvalue weighted by atomic mass is 9.96. The van der Waals surface area contributed by atoms with Crippen LogP contribution in [-0.2, 0) is 0 Å². The zero-order valence-corrected chi connectivity index (χ0v) is 13.6. The van der Waals surface area contributed by atoms with Gasteiger partial charge in [-0.3, -0.25) is 0 Å². The lowest BCUT2D eigenvalue weighted by Crippen LogP contribution is -1.85. The monoisotopic (exact) mass is 347 g/mol. The van der Waals surface area contributed by atoms with Crippen LogP contribution < -0.4 is 0 Å². The third-order valence-electron chi connectivity index (χ3n) is 4.10. The number of phenolic OH excluding ortho intramolecular Hbond substituents is 2. The van der Waals surface area contributed by atoms with Gasteiger partial charge < -0.3 is 14.7 Å². The minimum atomic E-state index is -0.335. The summed E-state index contributed by atoms with van der Waals surface area (Å²) in [5, 5.41) is 23.3. The predicted molar refractivity (Wildman–Crippen MR) is 96.1 cm³/mol. The average Bonchev–Trinajstić information content (AvgIpc) is 3.08. The smallest absolute Gasteiger partial charge is 0.175 e. The Morgan fingerprint density at radius 3 is 1.73 bits per heavy atom. The Hall–Kier alpha value is -3.60. The van der Waals surface area contributed by atoms with Gasteiger partial charge in [0.1, 0.15) is 23.0 Å². The first-order valence-electron chi connectivity index (χ1n) is 7.96. The largest absolute Gasteiger partial charge is 0.508 e. The van der Waals surface area contributed by atoms with Gasteiger partial charge in [0.05, 0.1) is 5.56 Å². The van der Waals surface area contributed by atoms with E-state index in [9.17, 15) is 14.6 Å². The summed E-state index contributed by atoms with van der Waals surface area (Å²) in [5.74, 6) is 0.471. The SMILES string of the molecule is Oc1ccc(-c2noc(-c3ccc(F)cc3)c2-c2ccc(O)cc2)cc1. The van der Waals surface area contributed by atoms with E-state index in [2.05, 4.69) is 5.16 Å². The molecule has 26 heavy (non-hydrogen) atoms. The summed E-state index contributed by atoms with van der Waals surface area (Å²) in [6, 6.07) is 19.3. The highest BCUT2D eigenvalue weighted by atomic mass is 19.1. The van der Waals surface area contributed by atoms with Gasteiger partial charge in [-0.05, 0) is 66.2 Å². The Kier molecular flexibility index (Phi) is 3.89. The summed E-state index contributed by atoms with van der Waals surface area (Å²) in [6.07, 6.45) is 0. The highest BCUT2D eigenvalue weighted by Crippen LogP contribution is 2.40. The number of benzene rings is 3. The van der Waals surface area contributed by atoms with E-state index >= 15 is 0 Å². The van der Waals surface area contributed by atoms with Crippen molar-refractivity contribution < 1.29 is 19.1 Å². The van der Waals surface area contributed by atoms with E-state index in [1.807, 2.05) is 0 Å². The number of aromatic hydroxyl groups is 2. The Morgan fingerprint density at radius 2 is 1.15 bits per heavy atom. The summed E-state index contributed by atoms with van der Waals surface area (Å²) in [6.45, 7) is 0. The van der Waals surface area contributed by atoms with Crippen molar-refractivity contribution in [3.63, 3.8) is 0 Å². The quantitative estimate of drug-likeness (QED) is 0.533. The first-order valence-corrected chi connectivity index (χ1v) is 7.96. The molecule has 0 saturated carbocycles. The molecule has 1 aromatic heterocycles. The first-order chi connectivity index (χ1) is 12.6. The van der Waals surface area contributed by atoms with Gasteiger partial charge in [0.15, 0.2) is 5.76 Å². The standard InChI is InChI=1S/C21H14FNO3/c22-16-7-1-15(2-8-16)21-19(13-3-9-17(24)10-4-13)20(23-26-21)14-5-11-18(25)12-6-14/h1-12,24-25H. The van der Waals surface area contributed by atoms with Crippen LogP contribution in [0.15, 0.2) is 77.3 Å². The fraction of sp³-hybridized carbons (Fsp3) is 0. The number of aromatic nitrogens is 1. The molecule has 1 heterocycles. The summed E-state index contributed by atoms with van der Waals surface area (Å²) < 4.78 is 18.9. The molecule has 0 fully saturated rings. The third-order valence-corrected chi connectivity index (χ3v) is 4.10. The molecule has 3 aromatic carbocycles. The van der Waals surface area contributed by atoms with Crippen LogP contribution in [0.1, 0.15) is 0 Å². The second-order valence-electron chi connectivity index (χ2n) is 5.84. The molecular formula is C21H14FNO3. The van der Waals surface area contributed by atoms with E-state index in [1.54, 1.807) is 60.7 Å². The maximum absolute atomic E-state index is 13.3. The van der Waals surface area contributed by atoms with Crippen LogP contribution in [0.4, 0.5) is 4.39 Å². The van der Waals surface area contributed by atoms with Crippen molar-refractivity contribution in [2.75, 3.05) is 0 Å². The highest BCUT2D eigenvalue weighted by Gasteiger charge is 2.21. The van der Waals surface area contributed by atoms with Crippen molar-refractivity contribution in [1.29, 1.82) is 0 Å². The molecule has 128 valence electrons. The van der Waals surface area contributed by atoms with Crippen LogP contribution in [0, 0.1) is 5.82 Å². The zero-order valence-electron chi connectivity index (χ0n) is 13.6. The molecule has 0 amide bonds. The zero-order chi connectivity index (χ0) is 18.1.